The Hall–Kier alpha value is 1.24. The van der Waals surface area contributed by atoms with Crippen LogP contribution in [0.25, 0.3) is 0 Å². The Morgan fingerprint density at radius 3 is 1.18 bits per heavy atom. The maximum absolute atomic E-state index is 5.05. The predicted octanol–water partition coefficient (Wildman–Crippen LogP) is 1.75. The molecule has 0 rings (SSSR count). The fraction of sp³-hybridized carbons (Fsp3) is 1.00. The zero-order valence-electron chi connectivity index (χ0n) is 11.6. The van der Waals surface area contributed by atoms with Crippen LogP contribution in [0.1, 0.15) is 20.3 Å². The van der Waals surface area contributed by atoms with E-state index >= 15 is 0 Å². The molecule has 0 saturated carbocycles. The molecule has 6 nitrogen and oxygen atoms in total. The summed E-state index contributed by atoms with van der Waals surface area (Å²) < 4.78 is 30.2. The molecule has 0 aromatic heterocycles. The molecule has 1 unspecified atom stereocenters. The van der Waals surface area contributed by atoms with E-state index in [2.05, 4.69) is 13.8 Å². The Kier molecular flexibility index (Phi) is 12.2. The zero-order chi connectivity index (χ0) is 14.0. The second kappa shape index (κ2) is 10.1. The normalized spacial score (nSPS) is 15.4. The van der Waals surface area contributed by atoms with Crippen LogP contribution in [0.5, 0.6) is 0 Å². The van der Waals surface area contributed by atoms with Crippen molar-refractivity contribution in [2.24, 2.45) is 0 Å². The first-order valence-corrected chi connectivity index (χ1v) is 12.5. The molecule has 0 N–H and O–H groups in total. The van der Waals surface area contributed by atoms with E-state index in [4.69, 9.17) is 19.5 Å². The second-order valence-electron chi connectivity index (χ2n) is 2.98. The molecule has 17 heavy (non-hydrogen) atoms. The van der Waals surface area contributed by atoms with Gasteiger partial charge in [-0.15, -0.1) is 0 Å². The van der Waals surface area contributed by atoms with Crippen LogP contribution < -0.4 is 0 Å². The predicted molar refractivity (Wildman–Crippen MR) is 55.9 cm³/mol. The summed E-state index contributed by atoms with van der Waals surface area (Å²) in [7, 11) is 7.19. The SMILES string of the molecule is CCC(C)[O][Nb].C[O][Ta]([O]C)([O]C)([O]C)[O]C. The molecule has 0 aromatic carbocycles. The molecule has 0 aliphatic heterocycles. The number of hydrogen-bond acceptors (Lipinski definition) is 6. The minimum atomic E-state index is -4.61. The maximum atomic E-state index is 5.05. The topological polar surface area (TPSA) is 55.4 Å². The molecule has 8 heteroatoms. The average Bonchev–Trinajstić information content (AvgIpc) is 2.43. The van der Waals surface area contributed by atoms with Gasteiger partial charge in [0.05, 0.1) is 0 Å². The van der Waals surface area contributed by atoms with E-state index in [1.807, 2.05) is 0 Å². The second-order valence-corrected chi connectivity index (χ2v) is 15.4. The minimum absolute atomic E-state index is 0.457. The Morgan fingerprint density at radius 1 is 0.882 bits per heavy atom. The van der Waals surface area contributed by atoms with E-state index < -0.39 is 17.8 Å². The van der Waals surface area contributed by atoms with Gasteiger partial charge in [0.1, 0.15) is 0 Å². The molecule has 0 heterocycles. The van der Waals surface area contributed by atoms with Crippen LogP contribution in [0.4, 0.5) is 0 Å². The van der Waals surface area contributed by atoms with Gasteiger partial charge < -0.3 is 0 Å². The molecule has 0 spiro atoms. The van der Waals surface area contributed by atoms with Crippen molar-refractivity contribution in [1.82, 2.24) is 0 Å². The van der Waals surface area contributed by atoms with Crippen LogP contribution in [-0.4, -0.2) is 41.7 Å². The molecular weight excluding hydrogens is 478 g/mol. The third-order valence-corrected chi connectivity index (χ3v) is 13.8. The summed E-state index contributed by atoms with van der Waals surface area (Å²) in [4.78, 5) is 0. The Labute approximate surface area is 120 Å². The van der Waals surface area contributed by atoms with E-state index in [9.17, 15) is 0 Å². The number of rotatable bonds is 7. The van der Waals surface area contributed by atoms with Crippen molar-refractivity contribution in [2.75, 3.05) is 35.5 Å². The van der Waals surface area contributed by atoms with Gasteiger partial charge in [-0.1, -0.05) is 0 Å². The first-order chi connectivity index (χ1) is 7.92. The van der Waals surface area contributed by atoms with Crippen molar-refractivity contribution in [1.29, 1.82) is 0 Å². The fourth-order valence-electron chi connectivity index (χ4n) is 0.820. The zero-order valence-corrected chi connectivity index (χ0v) is 17.0. The summed E-state index contributed by atoms with van der Waals surface area (Å²) >= 11 is -3.19. The van der Waals surface area contributed by atoms with E-state index in [1.54, 1.807) is 0 Å². The van der Waals surface area contributed by atoms with Gasteiger partial charge in [0, 0.05) is 0 Å². The summed E-state index contributed by atoms with van der Waals surface area (Å²) in [5.41, 5.74) is 0. The molecule has 0 saturated heterocycles. The van der Waals surface area contributed by atoms with Crippen LogP contribution in [-0.2, 0) is 58.7 Å². The van der Waals surface area contributed by atoms with Gasteiger partial charge in [0.25, 0.3) is 0 Å². The quantitative estimate of drug-likeness (QED) is 0.495. The molecule has 0 radical (unpaired) electrons. The van der Waals surface area contributed by atoms with Gasteiger partial charge in [0.2, 0.25) is 0 Å². The Balaban J connectivity index is 0. The van der Waals surface area contributed by atoms with Gasteiger partial charge in [-0.3, -0.25) is 0 Å². The molecule has 1 atom stereocenters. The van der Waals surface area contributed by atoms with Gasteiger partial charge in [-0.2, -0.15) is 0 Å². The van der Waals surface area contributed by atoms with Gasteiger partial charge >= 0.3 is 121 Å². The summed E-state index contributed by atoms with van der Waals surface area (Å²) in [5, 5.41) is 0. The van der Waals surface area contributed by atoms with Gasteiger partial charge in [-0.25, -0.2) is 0 Å². The van der Waals surface area contributed by atoms with Crippen LogP contribution >= 0.6 is 0 Å². The number of hydrogen-bond donors (Lipinski definition) is 0. The van der Waals surface area contributed by atoms with Crippen molar-refractivity contribution >= 4 is 0 Å². The summed E-state index contributed by atoms with van der Waals surface area (Å²) in [6.45, 7) is 4.18. The van der Waals surface area contributed by atoms with E-state index in [1.165, 1.54) is 57.0 Å². The molecule has 0 aliphatic rings. The monoisotopic (exact) mass is 502 g/mol. The fourth-order valence-corrected chi connectivity index (χ4v) is 6.54. The molecule has 0 amide bonds. The van der Waals surface area contributed by atoms with E-state index in [0.717, 1.165) is 6.42 Å². The molecule has 106 valence electrons. The Morgan fingerprint density at radius 2 is 1.18 bits per heavy atom. The van der Waals surface area contributed by atoms with E-state index in [0.29, 0.717) is 6.10 Å². The van der Waals surface area contributed by atoms with Crippen molar-refractivity contribution in [3.05, 3.63) is 0 Å². The van der Waals surface area contributed by atoms with Crippen molar-refractivity contribution in [2.45, 2.75) is 26.4 Å². The van der Waals surface area contributed by atoms with Crippen LogP contribution in [0.3, 0.4) is 0 Å². The van der Waals surface area contributed by atoms with Crippen LogP contribution in [0.2, 0.25) is 0 Å². The summed E-state index contributed by atoms with van der Waals surface area (Å²) in [6, 6.07) is 0. The van der Waals surface area contributed by atoms with Gasteiger partial charge in [0.15, 0.2) is 0 Å². The first kappa shape index (κ1) is 20.6. The van der Waals surface area contributed by atoms with Crippen molar-refractivity contribution in [3.8, 4) is 0 Å². The summed E-state index contributed by atoms with van der Waals surface area (Å²) in [6.07, 6.45) is 1.58. The third-order valence-electron chi connectivity index (χ3n) is 2.25. The molecule has 0 bridgehead atoms. The standard InChI is InChI=1S/C4H9O.5CH3O.Nb.Ta/c1-3-4(2)5;5*1-2;;/h4H,3H2,1-2H3;5*1H3;;/q6*-1;+1;+5. The van der Waals surface area contributed by atoms with Crippen LogP contribution in [0, 0.1) is 0 Å². The third kappa shape index (κ3) is 6.29. The molecule has 0 aromatic rings. The van der Waals surface area contributed by atoms with E-state index in [-0.39, 0.29) is 0 Å². The van der Waals surface area contributed by atoms with Crippen LogP contribution in [0.15, 0.2) is 0 Å². The Bertz CT molecular complexity index is 149. The molecule has 0 fully saturated rings. The van der Waals surface area contributed by atoms with Crippen molar-refractivity contribution in [3.63, 3.8) is 0 Å². The first-order valence-electron chi connectivity index (χ1n) is 5.07. The molecular formula is C9H24NbO6Ta. The summed E-state index contributed by atoms with van der Waals surface area (Å²) in [5.74, 6) is 0. The average molecular weight is 502 g/mol. The van der Waals surface area contributed by atoms with Crippen molar-refractivity contribution < 1.29 is 58.7 Å². The van der Waals surface area contributed by atoms with Gasteiger partial charge in [-0.05, 0) is 0 Å². The molecule has 0 aliphatic carbocycles.